The zero-order valence-electron chi connectivity index (χ0n) is 9.40. The van der Waals surface area contributed by atoms with Crippen LogP contribution in [0.5, 0.6) is 0 Å². The summed E-state index contributed by atoms with van der Waals surface area (Å²) in [5, 5.41) is 3.53. The summed E-state index contributed by atoms with van der Waals surface area (Å²) in [5.41, 5.74) is 10.7. The minimum Gasteiger partial charge on any atom is -0.294 e. The fourth-order valence-electron chi connectivity index (χ4n) is 2.16. The molecule has 2 rings (SSSR count). The fraction of sp³-hybridized carbons (Fsp3) is 0.417. The van der Waals surface area contributed by atoms with Crippen molar-refractivity contribution in [1.29, 1.82) is 0 Å². The minimum absolute atomic E-state index is 0.0259. The number of carbonyl (C=O) groups is 1. The smallest absolute Gasteiger partial charge is 0.163 e. The molecule has 1 aliphatic carbocycles. The standard InChI is InChI=1S/C12H13N3O/c1-12(2)6-5-11(16)9-7-8(14-15-13)3-4-10(9)12/h3-4,7H,5-6H2,1-2H3. The van der Waals surface area contributed by atoms with Crippen LogP contribution in [0.1, 0.15) is 42.6 Å². The number of fused-ring (bicyclic) bond motifs is 1. The summed E-state index contributed by atoms with van der Waals surface area (Å²) in [7, 11) is 0. The van der Waals surface area contributed by atoms with Crippen LogP contribution in [0.15, 0.2) is 23.3 Å². The van der Waals surface area contributed by atoms with Crippen LogP contribution in [0.4, 0.5) is 5.69 Å². The Labute approximate surface area is 93.9 Å². The molecule has 0 radical (unpaired) electrons. The number of nitrogens with zero attached hydrogens (tertiary/aromatic N) is 3. The molecule has 0 aromatic heterocycles. The van der Waals surface area contributed by atoms with Crippen LogP contribution in [0.2, 0.25) is 0 Å². The molecule has 4 nitrogen and oxygen atoms in total. The average molecular weight is 215 g/mol. The number of rotatable bonds is 1. The second-order valence-corrected chi connectivity index (χ2v) is 4.73. The van der Waals surface area contributed by atoms with Gasteiger partial charge in [0.15, 0.2) is 5.78 Å². The molecule has 0 bridgehead atoms. The van der Waals surface area contributed by atoms with Gasteiger partial charge in [-0.2, -0.15) is 0 Å². The van der Waals surface area contributed by atoms with Crippen LogP contribution in [0, 0.1) is 0 Å². The van der Waals surface area contributed by atoms with Gasteiger partial charge in [0.2, 0.25) is 0 Å². The monoisotopic (exact) mass is 215 g/mol. The topological polar surface area (TPSA) is 65.8 Å². The third-order valence-corrected chi connectivity index (χ3v) is 3.17. The molecule has 0 amide bonds. The molecule has 0 atom stereocenters. The Morgan fingerprint density at radius 3 is 2.88 bits per heavy atom. The van der Waals surface area contributed by atoms with E-state index in [2.05, 4.69) is 23.9 Å². The molecule has 1 aromatic carbocycles. The molecule has 0 aliphatic heterocycles. The fourth-order valence-corrected chi connectivity index (χ4v) is 2.16. The van der Waals surface area contributed by atoms with E-state index < -0.39 is 0 Å². The molecule has 0 spiro atoms. The minimum atomic E-state index is 0.0259. The maximum absolute atomic E-state index is 11.8. The third-order valence-electron chi connectivity index (χ3n) is 3.17. The summed E-state index contributed by atoms with van der Waals surface area (Å²) in [6.07, 6.45) is 1.44. The first-order chi connectivity index (χ1) is 7.54. The number of hydrogen-bond acceptors (Lipinski definition) is 2. The Hall–Kier alpha value is -1.80. The number of carbonyl (C=O) groups excluding carboxylic acids is 1. The number of benzene rings is 1. The van der Waals surface area contributed by atoms with Crippen LogP contribution < -0.4 is 0 Å². The molecular weight excluding hydrogens is 202 g/mol. The van der Waals surface area contributed by atoms with Gasteiger partial charge in [-0.1, -0.05) is 31.1 Å². The molecule has 0 heterocycles. The maximum atomic E-state index is 11.8. The predicted molar refractivity (Wildman–Crippen MR) is 61.8 cm³/mol. The van der Waals surface area contributed by atoms with Gasteiger partial charge >= 0.3 is 0 Å². The van der Waals surface area contributed by atoms with Crippen LogP contribution in [-0.4, -0.2) is 5.78 Å². The molecule has 82 valence electrons. The highest BCUT2D eigenvalue weighted by molar-refractivity contribution is 5.99. The number of ketones is 1. The molecular formula is C12H13N3O. The Kier molecular flexibility index (Phi) is 2.44. The summed E-state index contributed by atoms with van der Waals surface area (Å²) >= 11 is 0. The quantitative estimate of drug-likeness (QED) is 0.398. The zero-order chi connectivity index (χ0) is 11.8. The van der Waals surface area contributed by atoms with Gasteiger partial charge in [0.05, 0.1) is 0 Å². The van der Waals surface area contributed by atoms with Gasteiger partial charge in [-0.25, -0.2) is 0 Å². The number of Topliss-reactive ketones (excluding diaryl/α,β-unsaturated/α-hetero) is 1. The second kappa shape index (κ2) is 3.65. The molecule has 0 saturated carbocycles. The van der Waals surface area contributed by atoms with Crippen LogP contribution in [0.3, 0.4) is 0 Å². The van der Waals surface area contributed by atoms with Crippen molar-refractivity contribution in [2.45, 2.75) is 32.1 Å². The summed E-state index contributed by atoms with van der Waals surface area (Å²) in [5.74, 6) is 0.143. The van der Waals surface area contributed by atoms with Gasteiger partial charge in [0.25, 0.3) is 0 Å². The van der Waals surface area contributed by atoms with E-state index in [4.69, 9.17) is 5.53 Å². The lowest BCUT2D eigenvalue weighted by atomic mass is 9.72. The van der Waals surface area contributed by atoms with E-state index >= 15 is 0 Å². The highest BCUT2D eigenvalue weighted by atomic mass is 16.1. The molecule has 4 heteroatoms. The molecule has 1 aromatic rings. The Bertz CT molecular complexity index is 499. The SMILES string of the molecule is CC1(C)CCC(=O)c2cc(N=[N+]=[N-])ccc21. The van der Waals surface area contributed by atoms with Crippen molar-refractivity contribution >= 4 is 11.5 Å². The van der Waals surface area contributed by atoms with E-state index in [9.17, 15) is 4.79 Å². The highest BCUT2D eigenvalue weighted by Crippen LogP contribution is 2.38. The van der Waals surface area contributed by atoms with Crippen molar-refractivity contribution in [2.75, 3.05) is 0 Å². The largest absolute Gasteiger partial charge is 0.294 e. The lowest BCUT2D eigenvalue weighted by molar-refractivity contribution is 0.0957. The third kappa shape index (κ3) is 1.68. The van der Waals surface area contributed by atoms with Crippen molar-refractivity contribution in [2.24, 2.45) is 5.11 Å². The predicted octanol–water partition coefficient (Wildman–Crippen LogP) is 3.88. The molecule has 0 N–H and O–H groups in total. The van der Waals surface area contributed by atoms with Gasteiger partial charge in [-0.3, -0.25) is 4.79 Å². The normalized spacial score (nSPS) is 17.5. The van der Waals surface area contributed by atoms with Gasteiger partial charge in [0, 0.05) is 22.6 Å². The van der Waals surface area contributed by atoms with E-state index in [1.165, 1.54) is 0 Å². The summed E-state index contributed by atoms with van der Waals surface area (Å²) in [6.45, 7) is 4.26. The molecule has 1 aliphatic rings. The van der Waals surface area contributed by atoms with Crippen molar-refractivity contribution in [3.05, 3.63) is 39.8 Å². The van der Waals surface area contributed by atoms with Crippen molar-refractivity contribution in [3.63, 3.8) is 0 Å². The summed E-state index contributed by atoms with van der Waals surface area (Å²) in [6, 6.07) is 5.35. The first-order valence-corrected chi connectivity index (χ1v) is 5.27. The first-order valence-electron chi connectivity index (χ1n) is 5.27. The molecule has 0 unspecified atom stereocenters. The maximum Gasteiger partial charge on any atom is 0.163 e. The van der Waals surface area contributed by atoms with Gasteiger partial charge in [-0.05, 0) is 29.0 Å². The summed E-state index contributed by atoms with van der Waals surface area (Å²) < 4.78 is 0. The van der Waals surface area contributed by atoms with E-state index in [0.29, 0.717) is 17.7 Å². The van der Waals surface area contributed by atoms with Crippen molar-refractivity contribution in [3.8, 4) is 0 Å². The van der Waals surface area contributed by atoms with Gasteiger partial charge in [-0.15, -0.1) is 0 Å². The van der Waals surface area contributed by atoms with E-state index in [-0.39, 0.29) is 11.2 Å². The van der Waals surface area contributed by atoms with Crippen molar-refractivity contribution < 1.29 is 4.79 Å². The average Bonchev–Trinajstić information content (AvgIpc) is 2.25. The van der Waals surface area contributed by atoms with Gasteiger partial charge < -0.3 is 0 Å². The lowest BCUT2D eigenvalue weighted by Crippen LogP contribution is -2.27. The van der Waals surface area contributed by atoms with Crippen LogP contribution in [-0.2, 0) is 5.41 Å². The number of azide groups is 1. The zero-order valence-corrected chi connectivity index (χ0v) is 9.40. The summed E-state index contributed by atoms with van der Waals surface area (Å²) in [4.78, 5) is 14.5. The van der Waals surface area contributed by atoms with Gasteiger partial charge in [0.1, 0.15) is 0 Å². The van der Waals surface area contributed by atoms with Crippen molar-refractivity contribution in [1.82, 2.24) is 0 Å². The first kappa shape index (κ1) is 10.7. The van der Waals surface area contributed by atoms with E-state index in [1.54, 1.807) is 12.1 Å². The molecule has 0 fully saturated rings. The Balaban J connectivity index is 2.60. The number of hydrogen-bond donors (Lipinski definition) is 0. The van der Waals surface area contributed by atoms with Crippen LogP contribution >= 0.6 is 0 Å². The molecule has 16 heavy (non-hydrogen) atoms. The van der Waals surface area contributed by atoms with Crippen LogP contribution in [0.25, 0.3) is 10.4 Å². The Morgan fingerprint density at radius 1 is 1.44 bits per heavy atom. The highest BCUT2D eigenvalue weighted by Gasteiger charge is 2.31. The molecule has 0 saturated heterocycles. The lowest BCUT2D eigenvalue weighted by Gasteiger charge is -2.31. The Morgan fingerprint density at radius 2 is 2.19 bits per heavy atom. The van der Waals surface area contributed by atoms with E-state index in [0.717, 1.165) is 12.0 Å². The van der Waals surface area contributed by atoms with E-state index in [1.807, 2.05) is 6.07 Å². The second-order valence-electron chi connectivity index (χ2n) is 4.73.